The zero-order chi connectivity index (χ0) is 29.1. The van der Waals surface area contributed by atoms with Crippen LogP contribution in [0.25, 0.3) is 0 Å². The van der Waals surface area contributed by atoms with Crippen molar-refractivity contribution in [3.63, 3.8) is 0 Å². The minimum absolute atomic E-state index is 0.0476. The number of urea groups is 1. The van der Waals surface area contributed by atoms with E-state index in [0.29, 0.717) is 0 Å². The van der Waals surface area contributed by atoms with Crippen LogP contribution in [0.15, 0.2) is 42.5 Å². The van der Waals surface area contributed by atoms with E-state index < -0.39 is 45.8 Å². The van der Waals surface area contributed by atoms with E-state index in [1.165, 1.54) is 35.0 Å². The Morgan fingerprint density at radius 2 is 1.82 bits per heavy atom. The highest BCUT2D eigenvalue weighted by molar-refractivity contribution is 7.92. The van der Waals surface area contributed by atoms with Gasteiger partial charge in [-0.25, -0.2) is 13.2 Å². The predicted molar refractivity (Wildman–Crippen MR) is 139 cm³/mol. The fraction of sp³-hybridized carbons (Fsp3) is 0.440. The molecule has 0 spiro atoms. The summed E-state index contributed by atoms with van der Waals surface area (Å²) in [6.07, 6.45) is -4.15. The molecule has 3 N–H and O–H groups in total. The maximum absolute atomic E-state index is 13.4. The molecular weight excluding hydrogens is 541 g/mol. The molecule has 3 amide bonds. The van der Waals surface area contributed by atoms with Crippen molar-refractivity contribution in [1.82, 2.24) is 9.80 Å². The SMILES string of the molecule is C[C@H](CO)N1C[C@H](C)[C@H](CN(C)C(=O)Nc2ccc(C(F)(F)F)cc2)Oc2ccc(NS(C)(=O)=O)cc2C1=O. The van der Waals surface area contributed by atoms with Gasteiger partial charge in [-0.05, 0) is 49.4 Å². The van der Waals surface area contributed by atoms with Crippen LogP contribution >= 0.6 is 0 Å². The van der Waals surface area contributed by atoms with E-state index in [4.69, 9.17) is 4.74 Å². The van der Waals surface area contributed by atoms with Gasteiger partial charge >= 0.3 is 12.2 Å². The summed E-state index contributed by atoms with van der Waals surface area (Å²) in [7, 11) is -2.12. The number of rotatable bonds is 7. The summed E-state index contributed by atoms with van der Waals surface area (Å²) in [5.74, 6) is -0.601. The summed E-state index contributed by atoms with van der Waals surface area (Å²) < 4.78 is 70.3. The molecule has 1 aliphatic rings. The lowest BCUT2D eigenvalue weighted by atomic mass is 9.99. The number of fused-ring (bicyclic) bond motifs is 1. The summed E-state index contributed by atoms with van der Waals surface area (Å²) >= 11 is 0. The molecule has 39 heavy (non-hydrogen) atoms. The Hall–Kier alpha value is -3.52. The minimum atomic E-state index is -4.49. The highest BCUT2D eigenvalue weighted by atomic mass is 32.2. The number of anilines is 2. The molecule has 214 valence electrons. The number of ether oxygens (including phenoxy) is 1. The molecule has 1 heterocycles. The summed E-state index contributed by atoms with van der Waals surface area (Å²) in [5, 5.41) is 12.3. The van der Waals surface area contributed by atoms with Gasteiger partial charge in [0.15, 0.2) is 0 Å². The largest absolute Gasteiger partial charge is 0.487 e. The number of aliphatic hydroxyl groups is 1. The number of carbonyl (C=O) groups is 2. The first-order valence-electron chi connectivity index (χ1n) is 12.0. The number of hydrogen-bond donors (Lipinski definition) is 3. The monoisotopic (exact) mass is 572 g/mol. The lowest BCUT2D eigenvalue weighted by Gasteiger charge is -2.38. The number of carbonyl (C=O) groups excluding carboxylic acids is 2. The van der Waals surface area contributed by atoms with Crippen molar-refractivity contribution in [2.45, 2.75) is 32.2 Å². The van der Waals surface area contributed by atoms with Gasteiger partial charge in [0.2, 0.25) is 10.0 Å². The van der Waals surface area contributed by atoms with Crippen LogP contribution < -0.4 is 14.8 Å². The van der Waals surface area contributed by atoms with Crippen molar-refractivity contribution >= 4 is 33.3 Å². The molecule has 0 radical (unpaired) electrons. The number of hydrogen-bond acceptors (Lipinski definition) is 6. The van der Waals surface area contributed by atoms with E-state index in [9.17, 15) is 36.3 Å². The second-order valence-electron chi connectivity index (χ2n) is 9.59. The first-order chi connectivity index (χ1) is 18.1. The average molecular weight is 573 g/mol. The molecule has 14 heteroatoms. The third-order valence-corrected chi connectivity index (χ3v) is 6.84. The highest BCUT2D eigenvalue weighted by Gasteiger charge is 2.34. The molecule has 3 atom stereocenters. The lowest BCUT2D eigenvalue weighted by Crippen LogP contribution is -2.50. The van der Waals surface area contributed by atoms with E-state index >= 15 is 0 Å². The number of benzene rings is 2. The number of sulfonamides is 1. The molecule has 3 rings (SSSR count). The van der Waals surface area contributed by atoms with Crippen molar-refractivity contribution in [3.05, 3.63) is 53.6 Å². The number of nitrogens with zero attached hydrogens (tertiary/aromatic N) is 2. The second kappa shape index (κ2) is 11.7. The molecule has 10 nitrogen and oxygen atoms in total. The lowest BCUT2D eigenvalue weighted by molar-refractivity contribution is -0.137. The molecule has 1 aliphatic heterocycles. The number of likely N-dealkylation sites (N-methyl/N-ethyl adjacent to an activating group) is 1. The smallest absolute Gasteiger partial charge is 0.416 e. The number of halogens is 3. The third kappa shape index (κ3) is 7.76. The van der Waals surface area contributed by atoms with Gasteiger partial charge in [-0.2, -0.15) is 13.2 Å². The van der Waals surface area contributed by atoms with Crippen molar-refractivity contribution in [2.75, 3.05) is 43.0 Å². The standard InChI is InChI=1S/C25H31F3N4O6S/c1-15-12-32(16(2)14-33)23(34)20-11-19(30-39(4,36)37)9-10-21(20)38-22(15)13-31(3)24(35)29-18-7-5-17(6-8-18)25(26,27)28/h5-11,15-16,22,30,33H,12-14H2,1-4H3,(H,29,35)/t15-,16+,22-/m0/s1. The van der Waals surface area contributed by atoms with E-state index in [1.807, 2.05) is 6.92 Å². The minimum Gasteiger partial charge on any atom is -0.487 e. The molecule has 0 bridgehead atoms. The molecule has 2 aromatic carbocycles. The number of amides is 3. The fourth-order valence-corrected chi connectivity index (χ4v) is 4.59. The van der Waals surface area contributed by atoms with Gasteiger partial charge in [0.05, 0.1) is 36.6 Å². The maximum Gasteiger partial charge on any atom is 0.416 e. The number of aliphatic hydroxyl groups excluding tert-OH is 1. The van der Waals surface area contributed by atoms with Crippen molar-refractivity contribution < 1.29 is 41.0 Å². The Morgan fingerprint density at radius 3 is 2.38 bits per heavy atom. The van der Waals surface area contributed by atoms with Gasteiger partial charge in [0.1, 0.15) is 11.9 Å². The molecule has 0 aliphatic carbocycles. The molecule has 0 aromatic heterocycles. The Labute approximate surface area is 224 Å². The fourth-order valence-electron chi connectivity index (χ4n) is 4.03. The van der Waals surface area contributed by atoms with Crippen LogP contribution in [0.3, 0.4) is 0 Å². The summed E-state index contributed by atoms with van der Waals surface area (Å²) in [6, 6.07) is 7.15. The first-order valence-corrected chi connectivity index (χ1v) is 13.9. The van der Waals surface area contributed by atoms with Gasteiger partial charge in [0, 0.05) is 30.9 Å². The van der Waals surface area contributed by atoms with Crippen LogP contribution in [0.4, 0.5) is 29.3 Å². The Balaban J connectivity index is 1.84. The number of alkyl halides is 3. The zero-order valence-corrected chi connectivity index (χ0v) is 22.6. The van der Waals surface area contributed by atoms with Crippen molar-refractivity contribution in [1.29, 1.82) is 0 Å². The zero-order valence-electron chi connectivity index (χ0n) is 21.8. The molecule has 0 saturated carbocycles. The quantitative estimate of drug-likeness (QED) is 0.466. The van der Waals surface area contributed by atoms with E-state index in [1.54, 1.807) is 6.92 Å². The van der Waals surface area contributed by atoms with Crippen LogP contribution in [-0.4, -0.2) is 80.4 Å². The van der Waals surface area contributed by atoms with E-state index in [-0.39, 0.29) is 48.3 Å². The van der Waals surface area contributed by atoms with Crippen LogP contribution in [0, 0.1) is 5.92 Å². The second-order valence-corrected chi connectivity index (χ2v) is 11.3. The number of nitrogens with one attached hydrogen (secondary N) is 2. The van der Waals surface area contributed by atoms with Crippen LogP contribution in [0.5, 0.6) is 5.75 Å². The molecular formula is C25H31F3N4O6S. The van der Waals surface area contributed by atoms with Crippen molar-refractivity contribution in [2.24, 2.45) is 5.92 Å². The topological polar surface area (TPSA) is 128 Å². The van der Waals surface area contributed by atoms with Crippen LogP contribution in [0.1, 0.15) is 29.8 Å². The summed E-state index contributed by atoms with van der Waals surface area (Å²) in [6.45, 7) is 3.40. The Bertz CT molecular complexity index is 1300. The highest BCUT2D eigenvalue weighted by Crippen LogP contribution is 2.32. The van der Waals surface area contributed by atoms with Gasteiger partial charge in [-0.3, -0.25) is 9.52 Å². The van der Waals surface area contributed by atoms with Gasteiger partial charge in [0.25, 0.3) is 5.91 Å². The van der Waals surface area contributed by atoms with Gasteiger partial charge in [-0.1, -0.05) is 6.92 Å². The van der Waals surface area contributed by atoms with Gasteiger partial charge < -0.3 is 25.0 Å². The van der Waals surface area contributed by atoms with Crippen LogP contribution in [0.2, 0.25) is 0 Å². The van der Waals surface area contributed by atoms with Crippen LogP contribution in [-0.2, 0) is 16.2 Å². The maximum atomic E-state index is 13.4. The average Bonchev–Trinajstić information content (AvgIpc) is 2.84. The van der Waals surface area contributed by atoms with E-state index in [2.05, 4.69) is 10.0 Å². The predicted octanol–water partition coefficient (Wildman–Crippen LogP) is 3.46. The summed E-state index contributed by atoms with van der Waals surface area (Å²) in [5.41, 5.74) is -0.424. The molecule has 0 saturated heterocycles. The molecule has 0 fully saturated rings. The Kier molecular flexibility index (Phi) is 9.01. The van der Waals surface area contributed by atoms with Crippen molar-refractivity contribution in [3.8, 4) is 5.75 Å². The van der Waals surface area contributed by atoms with Gasteiger partial charge in [-0.15, -0.1) is 0 Å². The third-order valence-electron chi connectivity index (χ3n) is 6.23. The van der Waals surface area contributed by atoms with E-state index in [0.717, 1.165) is 30.5 Å². The summed E-state index contributed by atoms with van der Waals surface area (Å²) in [4.78, 5) is 29.0. The first kappa shape index (κ1) is 30.0. The molecule has 0 unspecified atom stereocenters. The Morgan fingerprint density at radius 1 is 1.21 bits per heavy atom. The molecule has 2 aromatic rings. The normalized spacial score (nSPS) is 18.8.